The average Bonchev–Trinajstić information content (AvgIpc) is 2.32. The maximum Gasteiger partial charge on any atom is 0.119 e. The minimum Gasteiger partial charge on any atom is -0.490 e. The Labute approximate surface area is 90.8 Å². The van der Waals surface area contributed by atoms with Gasteiger partial charge in [-0.1, -0.05) is 30.4 Å². The van der Waals surface area contributed by atoms with Crippen LogP contribution in [0.25, 0.3) is 0 Å². The molecule has 0 saturated heterocycles. The van der Waals surface area contributed by atoms with Crippen LogP contribution in [0.15, 0.2) is 42.5 Å². The van der Waals surface area contributed by atoms with Crippen LogP contribution in [0.2, 0.25) is 0 Å². The van der Waals surface area contributed by atoms with Crippen LogP contribution in [0, 0.1) is 11.8 Å². The minimum atomic E-state index is 0.413. The highest BCUT2D eigenvalue weighted by Gasteiger charge is 2.33. The van der Waals surface area contributed by atoms with Crippen LogP contribution in [0.1, 0.15) is 19.3 Å². The molecule has 3 aliphatic carbocycles. The average molecular weight is 200 g/mol. The van der Waals surface area contributed by atoms with Gasteiger partial charge in [-0.3, -0.25) is 0 Å². The Hall–Kier alpha value is -1.24. The van der Waals surface area contributed by atoms with Crippen molar-refractivity contribution >= 4 is 0 Å². The van der Waals surface area contributed by atoms with E-state index in [1.165, 1.54) is 19.3 Å². The van der Waals surface area contributed by atoms with Crippen molar-refractivity contribution < 1.29 is 4.74 Å². The van der Waals surface area contributed by atoms with Crippen LogP contribution in [0.4, 0.5) is 0 Å². The first-order valence-electron chi connectivity index (χ1n) is 5.82. The number of hydrogen-bond acceptors (Lipinski definition) is 1. The van der Waals surface area contributed by atoms with Crippen LogP contribution in [-0.4, -0.2) is 6.10 Å². The normalized spacial score (nSPS) is 32.9. The smallest absolute Gasteiger partial charge is 0.119 e. The van der Waals surface area contributed by atoms with Gasteiger partial charge >= 0.3 is 0 Å². The molecule has 0 unspecified atom stereocenters. The number of rotatable bonds is 2. The molecule has 0 heterocycles. The van der Waals surface area contributed by atoms with Crippen LogP contribution in [0.5, 0.6) is 5.75 Å². The molecule has 1 aromatic carbocycles. The molecule has 2 bridgehead atoms. The lowest BCUT2D eigenvalue weighted by Crippen LogP contribution is -2.35. The molecular weight excluding hydrogens is 184 g/mol. The van der Waals surface area contributed by atoms with Gasteiger partial charge in [-0.05, 0) is 37.3 Å². The first-order chi connectivity index (χ1) is 7.42. The summed E-state index contributed by atoms with van der Waals surface area (Å²) in [5.74, 6) is 2.43. The molecule has 15 heavy (non-hydrogen) atoms. The molecule has 0 spiro atoms. The Morgan fingerprint density at radius 2 is 1.87 bits per heavy atom. The predicted molar refractivity (Wildman–Crippen MR) is 60.8 cm³/mol. The fourth-order valence-corrected chi connectivity index (χ4v) is 2.69. The highest BCUT2D eigenvalue weighted by molar-refractivity contribution is 5.22. The van der Waals surface area contributed by atoms with E-state index in [2.05, 4.69) is 12.2 Å². The molecule has 3 atom stereocenters. The van der Waals surface area contributed by atoms with Crippen LogP contribution in [0.3, 0.4) is 0 Å². The Bertz CT molecular complexity index is 355. The Morgan fingerprint density at radius 3 is 2.47 bits per heavy atom. The molecule has 4 rings (SSSR count). The van der Waals surface area contributed by atoms with Crippen LogP contribution < -0.4 is 4.74 Å². The highest BCUT2D eigenvalue weighted by Crippen LogP contribution is 2.38. The molecule has 0 N–H and O–H groups in total. The molecule has 1 heteroatoms. The molecule has 1 fully saturated rings. The molecule has 0 amide bonds. The fourth-order valence-electron chi connectivity index (χ4n) is 2.69. The molecular formula is C14H16O. The monoisotopic (exact) mass is 200 g/mol. The van der Waals surface area contributed by atoms with Crippen molar-refractivity contribution in [2.75, 3.05) is 0 Å². The summed E-state index contributed by atoms with van der Waals surface area (Å²) >= 11 is 0. The van der Waals surface area contributed by atoms with E-state index in [4.69, 9.17) is 4.74 Å². The van der Waals surface area contributed by atoms with E-state index in [1.807, 2.05) is 30.3 Å². The fraction of sp³-hybridized carbons (Fsp3) is 0.429. The third-order valence-corrected chi connectivity index (χ3v) is 3.54. The molecule has 0 radical (unpaired) electrons. The quantitative estimate of drug-likeness (QED) is 0.665. The van der Waals surface area contributed by atoms with Gasteiger partial charge < -0.3 is 4.74 Å². The van der Waals surface area contributed by atoms with E-state index in [-0.39, 0.29) is 0 Å². The third kappa shape index (κ3) is 1.79. The van der Waals surface area contributed by atoms with Gasteiger partial charge in [-0.15, -0.1) is 0 Å². The van der Waals surface area contributed by atoms with Crippen molar-refractivity contribution in [1.82, 2.24) is 0 Å². The summed E-state index contributed by atoms with van der Waals surface area (Å²) in [6.45, 7) is 0. The Morgan fingerprint density at radius 1 is 1.00 bits per heavy atom. The van der Waals surface area contributed by atoms with E-state index in [9.17, 15) is 0 Å². The van der Waals surface area contributed by atoms with Gasteiger partial charge in [0, 0.05) is 5.92 Å². The van der Waals surface area contributed by atoms with Crippen molar-refractivity contribution in [1.29, 1.82) is 0 Å². The SMILES string of the molecule is C1=C[C@@H]2CC[C@H]1C[C@@H]2Oc1ccccc1. The van der Waals surface area contributed by atoms with Crippen molar-refractivity contribution in [3.05, 3.63) is 42.5 Å². The summed E-state index contributed by atoms with van der Waals surface area (Å²) < 4.78 is 6.04. The summed E-state index contributed by atoms with van der Waals surface area (Å²) in [5.41, 5.74) is 0. The van der Waals surface area contributed by atoms with Crippen LogP contribution in [-0.2, 0) is 0 Å². The maximum atomic E-state index is 6.04. The summed E-state index contributed by atoms with van der Waals surface area (Å²) in [6, 6.07) is 10.2. The van der Waals surface area contributed by atoms with Crippen molar-refractivity contribution in [2.24, 2.45) is 11.8 Å². The zero-order chi connectivity index (χ0) is 10.1. The zero-order valence-corrected chi connectivity index (χ0v) is 8.80. The van der Waals surface area contributed by atoms with Gasteiger partial charge in [0.05, 0.1) is 0 Å². The molecule has 1 aromatic rings. The minimum absolute atomic E-state index is 0.413. The molecule has 1 saturated carbocycles. The van der Waals surface area contributed by atoms with Crippen molar-refractivity contribution in [3.8, 4) is 5.75 Å². The zero-order valence-electron chi connectivity index (χ0n) is 8.80. The van der Waals surface area contributed by atoms with Crippen molar-refractivity contribution in [3.63, 3.8) is 0 Å². The number of ether oxygens (including phenoxy) is 1. The van der Waals surface area contributed by atoms with Crippen molar-refractivity contribution in [2.45, 2.75) is 25.4 Å². The van der Waals surface area contributed by atoms with Gasteiger partial charge in [0.1, 0.15) is 11.9 Å². The second-order valence-corrected chi connectivity index (χ2v) is 4.59. The van der Waals surface area contributed by atoms with Gasteiger partial charge in [-0.25, -0.2) is 0 Å². The van der Waals surface area contributed by atoms with Gasteiger partial charge in [-0.2, -0.15) is 0 Å². The number of benzene rings is 1. The topological polar surface area (TPSA) is 9.23 Å². The van der Waals surface area contributed by atoms with Gasteiger partial charge in [0.2, 0.25) is 0 Å². The Balaban J connectivity index is 1.72. The lowest BCUT2D eigenvalue weighted by Gasteiger charge is -2.37. The number of fused-ring (bicyclic) bond motifs is 2. The van der Waals surface area contributed by atoms with E-state index in [0.29, 0.717) is 12.0 Å². The summed E-state index contributed by atoms with van der Waals surface area (Å²) in [5, 5.41) is 0. The maximum absolute atomic E-state index is 6.04. The van der Waals surface area contributed by atoms with Crippen LogP contribution >= 0.6 is 0 Å². The largest absolute Gasteiger partial charge is 0.490 e. The molecule has 78 valence electrons. The summed E-state index contributed by atoms with van der Waals surface area (Å²) in [6.07, 6.45) is 9.01. The van der Waals surface area contributed by atoms with E-state index in [1.54, 1.807) is 0 Å². The molecule has 0 aliphatic heterocycles. The molecule has 1 nitrogen and oxygen atoms in total. The highest BCUT2D eigenvalue weighted by atomic mass is 16.5. The number of para-hydroxylation sites is 1. The predicted octanol–water partition coefficient (Wildman–Crippen LogP) is 3.42. The molecule has 3 aliphatic rings. The summed E-state index contributed by atoms with van der Waals surface area (Å²) in [7, 11) is 0. The lowest BCUT2D eigenvalue weighted by molar-refractivity contribution is 0.0886. The second kappa shape index (κ2) is 3.73. The standard InChI is InChI=1S/C14H16O/c1-2-4-13(5-3-1)15-14-10-11-6-8-12(14)9-7-11/h1-6,8,11-12,14H,7,9-10H2/t11-,12+,14-/m0/s1. The van der Waals surface area contributed by atoms with Gasteiger partial charge in [0.15, 0.2) is 0 Å². The first-order valence-corrected chi connectivity index (χ1v) is 5.82. The number of allylic oxidation sites excluding steroid dienone is 1. The lowest BCUT2D eigenvalue weighted by atomic mass is 9.74. The summed E-state index contributed by atoms with van der Waals surface area (Å²) in [4.78, 5) is 0. The Kier molecular flexibility index (Phi) is 2.24. The van der Waals surface area contributed by atoms with Gasteiger partial charge in [0.25, 0.3) is 0 Å². The second-order valence-electron chi connectivity index (χ2n) is 4.59. The third-order valence-electron chi connectivity index (χ3n) is 3.54. The van der Waals surface area contributed by atoms with E-state index < -0.39 is 0 Å². The number of hydrogen-bond donors (Lipinski definition) is 0. The van der Waals surface area contributed by atoms with E-state index in [0.717, 1.165) is 11.7 Å². The molecule has 0 aromatic heterocycles. The van der Waals surface area contributed by atoms with E-state index >= 15 is 0 Å². The first kappa shape index (κ1) is 9.02.